The number of rotatable bonds is 5. The van der Waals surface area contributed by atoms with Gasteiger partial charge in [0, 0.05) is 27.9 Å². The predicted molar refractivity (Wildman–Crippen MR) is 139 cm³/mol. The van der Waals surface area contributed by atoms with Gasteiger partial charge in [-0.15, -0.1) is 0 Å². The number of oxazole rings is 1. The molecule has 0 aliphatic rings. The van der Waals surface area contributed by atoms with E-state index in [0.29, 0.717) is 39.2 Å². The SMILES string of the molecule is COc1ccc2oc(-c3ccc(NC(=S)NC(=O)c4ccc(-c5cccc(Cl)c5)o4)cc3)nc2c1. The van der Waals surface area contributed by atoms with E-state index in [9.17, 15) is 4.79 Å². The van der Waals surface area contributed by atoms with Crippen molar-refractivity contribution in [1.29, 1.82) is 0 Å². The summed E-state index contributed by atoms with van der Waals surface area (Å²) < 4.78 is 16.7. The predicted octanol–water partition coefficient (Wildman–Crippen LogP) is 6.54. The molecule has 0 fully saturated rings. The number of anilines is 1. The number of furan rings is 1. The lowest BCUT2D eigenvalue weighted by molar-refractivity contribution is 0.0951. The van der Waals surface area contributed by atoms with Gasteiger partial charge in [-0.05, 0) is 72.9 Å². The number of aromatic nitrogens is 1. The van der Waals surface area contributed by atoms with Gasteiger partial charge in [-0.25, -0.2) is 4.98 Å². The van der Waals surface area contributed by atoms with E-state index >= 15 is 0 Å². The van der Waals surface area contributed by atoms with Crippen molar-refractivity contribution in [3.05, 3.63) is 89.6 Å². The Labute approximate surface area is 210 Å². The third-order valence-electron chi connectivity index (χ3n) is 5.15. The Hall–Kier alpha value is -4.14. The van der Waals surface area contributed by atoms with Crippen LogP contribution in [0.1, 0.15) is 10.6 Å². The molecule has 0 atom stereocenters. The number of methoxy groups -OCH3 is 1. The van der Waals surface area contributed by atoms with Gasteiger partial charge in [0.2, 0.25) is 5.89 Å². The number of hydrogen-bond acceptors (Lipinski definition) is 6. The average molecular weight is 504 g/mol. The van der Waals surface area contributed by atoms with Crippen molar-refractivity contribution in [2.75, 3.05) is 12.4 Å². The molecule has 35 heavy (non-hydrogen) atoms. The van der Waals surface area contributed by atoms with Crippen molar-refractivity contribution in [2.45, 2.75) is 0 Å². The Morgan fingerprint density at radius 3 is 2.57 bits per heavy atom. The van der Waals surface area contributed by atoms with Crippen molar-refractivity contribution in [3.63, 3.8) is 0 Å². The summed E-state index contributed by atoms with van der Waals surface area (Å²) in [5.41, 5.74) is 3.64. The van der Waals surface area contributed by atoms with Crippen molar-refractivity contribution in [3.8, 4) is 28.5 Å². The molecule has 5 aromatic rings. The molecule has 0 saturated heterocycles. The summed E-state index contributed by atoms with van der Waals surface area (Å²) in [6.45, 7) is 0. The molecule has 0 bridgehead atoms. The molecule has 0 unspecified atom stereocenters. The van der Waals surface area contributed by atoms with E-state index in [2.05, 4.69) is 15.6 Å². The molecule has 0 spiro atoms. The quantitative estimate of drug-likeness (QED) is 0.263. The fraction of sp³-hybridized carbons (Fsp3) is 0.0385. The van der Waals surface area contributed by atoms with Crippen LogP contribution < -0.4 is 15.4 Å². The minimum absolute atomic E-state index is 0.132. The Bertz CT molecular complexity index is 1540. The van der Waals surface area contributed by atoms with E-state index in [1.165, 1.54) is 0 Å². The number of carbonyl (C=O) groups is 1. The maximum absolute atomic E-state index is 12.5. The summed E-state index contributed by atoms with van der Waals surface area (Å²) in [7, 11) is 1.60. The Morgan fingerprint density at radius 1 is 0.971 bits per heavy atom. The van der Waals surface area contributed by atoms with E-state index in [1.54, 1.807) is 31.4 Å². The first kappa shape index (κ1) is 22.6. The molecule has 0 saturated carbocycles. The van der Waals surface area contributed by atoms with Gasteiger partial charge in [0.1, 0.15) is 17.0 Å². The van der Waals surface area contributed by atoms with Crippen molar-refractivity contribution in [1.82, 2.24) is 10.3 Å². The first-order valence-electron chi connectivity index (χ1n) is 10.5. The molecule has 3 aromatic carbocycles. The highest BCUT2D eigenvalue weighted by Crippen LogP contribution is 2.28. The number of nitrogens with one attached hydrogen (secondary N) is 2. The van der Waals surface area contributed by atoms with Crippen LogP contribution in [0.25, 0.3) is 33.9 Å². The topological polar surface area (TPSA) is 89.5 Å². The van der Waals surface area contributed by atoms with E-state index in [-0.39, 0.29) is 10.9 Å². The van der Waals surface area contributed by atoms with Crippen LogP contribution >= 0.6 is 23.8 Å². The number of benzene rings is 3. The molecule has 0 aliphatic carbocycles. The van der Waals surface area contributed by atoms with E-state index in [0.717, 1.165) is 11.1 Å². The lowest BCUT2D eigenvalue weighted by Crippen LogP contribution is -2.33. The maximum Gasteiger partial charge on any atom is 0.293 e. The van der Waals surface area contributed by atoms with E-state index in [1.807, 2.05) is 54.6 Å². The van der Waals surface area contributed by atoms with Crippen LogP contribution in [0.4, 0.5) is 5.69 Å². The van der Waals surface area contributed by atoms with Gasteiger partial charge >= 0.3 is 0 Å². The standard InChI is InChI=1S/C26H18ClN3O4S/c1-32-19-9-10-22-20(14-19)29-25(34-22)15-5-7-18(8-6-15)28-26(35)30-24(31)23-12-11-21(33-23)16-3-2-4-17(27)13-16/h2-14H,1H3,(H2,28,30,31,35). The van der Waals surface area contributed by atoms with Crippen LogP contribution in [0, 0.1) is 0 Å². The fourth-order valence-corrected chi connectivity index (χ4v) is 3.84. The van der Waals surface area contributed by atoms with Crippen molar-refractivity contribution in [2.24, 2.45) is 0 Å². The lowest BCUT2D eigenvalue weighted by Gasteiger charge is -2.09. The molecule has 2 heterocycles. The van der Waals surface area contributed by atoms with Gasteiger partial charge in [0.25, 0.3) is 5.91 Å². The Morgan fingerprint density at radius 2 is 1.80 bits per heavy atom. The highest BCUT2D eigenvalue weighted by atomic mass is 35.5. The van der Waals surface area contributed by atoms with Crippen LogP contribution in [0.15, 0.2) is 87.7 Å². The molecular weight excluding hydrogens is 486 g/mol. The second-order valence-corrected chi connectivity index (χ2v) is 8.36. The third-order valence-corrected chi connectivity index (χ3v) is 5.59. The molecule has 5 rings (SSSR count). The Balaban J connectivity index is 1.22. The first-order chi connectivity index (χ1) is 17.0. The molecule has 7 nitrogen and oxygen atoms in total. The van der Waals surface area contributed by atoms with Crippen LogP contribution in [-0.2, 0) is 0 Å². The number of amides is 1. The van der Waals surface area contributed by atoms with Gasteiger partial charge in [-0.3, -0.25) is 10.1 Å². The zero-order valence-corrected chi connectivity index (χ0v) is 19.9. The minimum atomic E-state index is -0.464. The number of carbonyl (C=O) groups excluding carboxylic acids is 1. The molecule has 0 radical (unpaired) electrons. The summed E-state index contributed by atoms with van der Waals surface area (Å²) >= 11 is 11.3. The normalized spacial score (nSPS) is 10.8. The van der Waals surface area contributed by atoms with Crippen LogP contribution in [0.2, 0.25) is 5.02 Å². The average Bonchev–Trinajstić information content (AvgIpc) is 3.52. The highest BCUT2D eigenvalue weighted by molar-refractivity contribution is 7.80. The van der Waals surface area contributed by atoms with Gasteiger partial charge in [0.15, 0.2) is 16.5 Å². The number of ether oxygens (including phenoxy) is 1. The number of fused-ring (bicyclic) bond motifs is 1. The molecule has 2 N–H and O–H groups in total. The second-order valence-electron chi connectivity index (χ2n) is 7.51. The summed E-state index contributed by atoms with van der Waals surface area (Å²) in [6, 6.07) is 23.2. The molecule has 1 amide bonds. The van der Waals surface area contributed by atoms with Gasteiger partial charge in [-0.2, -0.15) is 0 Å². The zero-order chi connectivity index (χ0) is 24.4. The summed E-state index contributed by atoms with van der Waals surface area (Å²) in [6.07, 6.45) is 0. The summed E-state index contributed by atoms with van der Waals surface area (Å²) in [5.74, 6) is 1.40. The van der Waals surface area contributed by atoms with Crippen molar-refractivity contribution >= 4 is 51.6 Å². The van der Waals surface area contributed by atoms with E-state index < -0.39 is 5.91 Å². The molecule has 174 valence electrons. The highest BCUT2D eigenvalue weighted by Gasteiger charge is 2.14. The van der Waals surface area contributed by atoms with Crippen LogP contribution in [0.5, 0.6) is 5.75 Å². The van der Waals surface area contributed by atoms with Crippen LogP contribution in [-0.4, -0.2) is 23.1 Å². The van der Waals surface area contributed by atoms with E-state index in [4.69, 9.17) is 37.4 Å². The second kappa shape index (κ2) is 9.61. The summed E-state index contributed by atoms with van der Waals surface area (Å²) in [4.78, 5) is 17.1. The molecular formula is C26H18ClN3O4S. The lowest BCUT2D eigenvalue weighted by atomic mass is 10.2. The number of thiocarbonyl (C=S) groups is 1. The molecule has 2 aromatic heterocycles. The Kier molecular flexibility index (Phi) is 6.22. The smallest absolute Gasteiger partial charge is 0.293 e. The number of halogens is 1. The van der Waals surface area contributed by atoms with Gasteiger partial charge in [-0.1, -0.05) is 23.7 Å². The molecule has 0 aliphatic heterocycles. The maximum atomic E-state index is 12.5. The molecule has 9 heteroatoms. The third kappa shape index (κ3) is 5.03. The largest absolute Gasteiger partial charge is 0.497 e. The van der Waals surface area contributed by atoms with Gasteiger partial charge < -0.3 is 18.9 Å². The first-order valence-corrected chi connectivity index (χ1v) is 11.3. The zero-order valence-electron chi connectivity index (χ0n) is 18.4. The minimum Gasteiger partial charge on any atom is -0.497 e. The number of nitrogens with zero attached hydrogens (tertiary/aromatic N) is 1. The monoisotopic (exact) mass is 503 g/mol. The van der Waals surface area contributed by atoms with Crippen molar-refractivity contribution < 1.29 is 18.4 Å². The van der Waals surface area contributed by atoms with Crippen LogP contribution in [0.3, 0.4) is 0 Å². The fourth-order valence-electron chi connectivity index (χ4n) is 3.44. The summed E-state index contributed by atoms with van der Waals surface area (Å²) in [5, 5.41) is 6.31. The van der Waals surface area contributed by atoms with Gasteiger partial charge in [0.05, 0.1) is 7.11 Å². The number of hydrogen-bond donors (Lipinski definition) is 2.